The molecule has 2 heteroatoms. The molecule has 0 aromatic heterocycles. The lowest BCUT2D eigenvalue weighted by atomic mass is 10.2. The minimum absolute atomic E-state index is 0.563. The maximum atomic E-state index is 3.77. The predicted molar refractivity (Wildman–Crippen MR) is 59.8 cm³/mol. The van der Waals surface area contributed by atoms with E-state index >= 15 is 0 Å². The Morgan fingerprint density at radius 3 is 1.92 bits per heavy atom. The summed E-state index contributed by atoms with van der Waals surface area (Å²) >= 11 is 0. The Hall–Kier alpha value is -0.340. The van der Waals surface area contributed by atoms with E-state index in [1.807, 2.05) is 6.08 Å². The lowest BCUT2D eigenvalue weighted by Crippen LogP contribution is -2.44. The van der Waals surface area contributed by atoms with Gasteiger partial charge in [-0.15, -0.1) is 6.58 Å². The summed E-state index contributed by atoms with van der Waals surface area (Å²) < 4.78 is 0. The Kier molecular flexibility index (Phi) is 6.92. The number of rotatable bonds is 7. The first kappa shape index (κ1) is 12.7. The first-order valence-corrected chi connectivity index (χ1v) is 5.18. The van der Waals surface area contributed by atoms with E-state index < -0.39 is 0 Å². The molecule has 78 valence electrons. The van der Waals surface area contributed by atoms with Crippen LogP contribution >= 0.6 is 0 Å². The standard InChI is InChI=1S/C11H24N2/c1-6-9-10-11(12(4)7-2)13(5)8-3/h6,11H,1,7-10H2,2-5H3. The monoisotopic (exact) mass is 184 g/mol. The molecule has 0 spiro atoms. The van der Waals surface area contributed by atoms with Crippen LogP contribution in [0.2, 0.25) is 0 Å². The second kappa shape index (κ2) is 7.10. The average Bonchev–Trinajstić information content (AvgIpc) is 2.17. The van der Waals surface area contributed by atoms with Crippen molar-refractivity contribution in [3.05, 3.63) is 12.7 Å². The average molecular weight is 184 g/mol. The van der Waals surface area contributed by atoms with Crippen molar-refractivity contribution in [2.24, 2.45) is 0 Å². The van der Waals surface area contributed by atoms with E-state index in [-0.39, 0.29) is 0 Å². The lowest BCUT2D eigenvalue weighted by Gasteiger charge is -2.34. The third kappa shape index (κ3) is 4.44. The zero-order valence-electron chi connectivity index (χ0n) is 9.58. The van der Waals surface area contributed by atoms with Crippen LogP contribution in [0.4, 0.5) is 0 Å². The quantitative estimate of drug-likeness (QED) is 0.442. The molecule has 0 saturated heterocycles. The number of nitrogens with zero attached hydrogens (tertiary/aromatic N) is 2. The molecule has 0 aliphatic heterocycles. The molecule has 0 N–H and O–H groups in total. The molecule has 2 nitrogen and oxygen atoms in total. The Bertz CT molecular complexity index is 124. The highest BCUT2D eigenvalue weighted by atomic mass is 15.3. The highest BCUT2D eigenvalue weighted by Crippen LogP contribution is 2.08. The van der Waals surface area contributed by atoms with E-state index in [9.17, 15) is 0 Å². The molecule has 0 atom stereocenters. The van der Waals surface area contributed by atoms with Gasteiger partial charge in [-0.2, -0.15) is 0 Å². The van der Waals surface area contributed by atoms with Crippen LogP contribution in [0.25, 0.3) is 0 Å². The van der Waals surface area contributed by atoms with Crippen molar-refractivity contribution in [2.45, 2.75) is 32.9 Å². The van der Waals surface area contributed by atoms with Crippen molar-refractivity contribution in [1.82, 2.24) is 9.80 Å². The van der Waals surface area contributed by atoms with Crippen molar-refractivity contribution in [3.63, 3.8) is 0 Å². The normalized spacial score (nSPS) is 11.6. The molecule has 0 rings (SSSR count). The molecular weight excluding hydrogens is 160 g/mol. The van der Waals surface area contributed by atoms with E-state index in [0.717, 1.165) is 19.5 Å². The first-order valence-electron chi connectivity index (χ1n) is 5.18. The summed E-state index contributed by atoms with van der Waals surface area (Å²) in [6.07, 6.45) is 4.84. The van der Waals surface area contributed by atoms with E-state index in [1.165, 1.54) is 6.42 Å². The largest absolute Gasteiger partial charge is 0.291 e. The summed E-state index contributed by atoms with van der Waals surface area (Å²) in [6.45, 7) is 10.4. The van der Waals surface area contributed by atoms with Crippen LogP contribution in [0, 0.1) is 0 Å². The maximum Gasteiger partial charge on any atom is 0.0620 e. The van der Waals surface area contributed by atoms with Crippen LogP contribution in [0.1, 0.15) is 26.7 Å². The molecule has 0 saturated carbocycles. The fourth-order valence-electron chi connectivity index (χ4n) is 1.47. The Morgan fingerprint density at radius 1 is 1.15 bits per heavy atom. The van der Waals surface area contributed by atoms with Crippen LogP contribution in [0.5, 0.6) is 0 Å². The molecule has 0 aromatic rings. The fraction of sp³-hybridized carbons (Fsp3) is 0.818. The summed E-state index contributed by atoms with van der Waals surface area (Å²) in [6, 6.07) is 0. The van der Waals surface area contributed by atoms with Gasteiger partial charge in [0, 0.05) is 0 Å². The zero-order chi connectivity index (χ0) is 10.3. The highest BCUT2D eigenvalue weighted by molar-refractivity contribution is 4.73. The summed E-state index contributed by atoms with van der Waals surface area (Å²) in [5.41, 5.74) is 0. The van der Waals surface area contributed by atoms with Gasteiger partial charge in [0.25, 0.3) is 0 Å². The fourth-order valence-corrected chi connectivity index (χ4v) is 1.47. The molecule has 0 bridgehead atoms. The third-order valence-electron chi connectivity index (χ3n) is 2.64. The maximum absolute atomic E-state index is 3.77. The summed E-state index contributed by atoms with van der Waals surface area (Å²) in [7, 11) is 4.36. The summed E-state index contributed by atoms with van der Waals surface area (Å²) in [5.74, 6) is 0. The second-order valence-electron chi connectivity index (χ2n) is 3.49. The second-order valence-corrected chi connectivity index (χ2v) is 3.49. The van der Waals surface area contributed by atoms with Gasteiger partial charge in [-0.1, -0.05) is 19.9 Å². The topological polar surface area (TPSA) is 6.48 Å². The van der Waals surface area contributed by atoms with Crippen LogP contribution in [0.15, 0.2) is 12.7 Å². The number of hydrogen-bond acceptors (Lipinski definition) is 2. The minimum Gasteiger partial charge on any atom is -0.291 e. The van der Waals surface area contributed by atoms with Gasteiger partial charge < -0.3 is 0 Å². The van der Waals surface area contributed by atoms with Crippen molar-refractivity contribution < 1.29 is 0 Å². The highest BCUT2D eigenvalue weighted by Gasteiger charge is 2.15. The number of hydrogen-bond donors (Lipinski definition) is 0. The molecule has 0 aliphatic carbocycles. The van der Waals surface area contributed by atoms with Crippen molar-refractivity contribution in [2.75, 3.05) is 27.2 Å². The van der Waals surface area contributed by atoms with E-state index in [2.05, 4.69) is 44.3 Å². The van der Waals surface area contributed by atoms with E-state index in [1.54, 1.807) is 0 Å². The Balaban J connectivity index is 4.08. The Labute approximate surface area is 83.2 Å². The molecular formula is C11H24N2. The van der Waals surface area contributed by atoms with Crippen molar-refractivity contribution >= 4 is 0 Å². The molecule has 0 unspecified atom stereocenters. The van der Waals surface area contributed by atoms with Crippen LogP contribution in [0.3, 0.4) is 0 Å². The van der Waals surface area contributed by atoms with Crippen molar-refractivity contribution in [1.29, 1.82) is 0 Å². The summed E-state index contributed by atoms with van der Waals surface area (Å²) in [5, 5.41) is 0. The lowest BCUT2D eigenvalue weighted by molar-refractivity contribution is 0.0849. The molecule has 0 radical (unpaired) electrons. The van der Waals surface area contributed by atoms with Crippen LogP contribution < -0.4 is 0 Å². The number of allylic oxidation sites excluding steroid dienone is 1. The van der Waals surface area contributed by atoms with Gasteiger partial charge in [-0.25, -0.2) is 0 Å². The summed E-state index contributed by atoms with van der Waals surface area (Å²) in [4.78, 5) is 4.76. The predicted octanol–water partition coefficient (Wildman–Crippen LogP) is 2.18. The molecule has 0 aromatic carbocycles. The van der Waals surface area contributed by atoms with E-state index in [4.69, 9.17) is 0 Å². The van der Waals surface area contributed by atoms with Crippen LogP contribution in [-0.4, -0.2) is 43.2 Å². The SMILES string of the molecule is C=CCCC(N(C)CC)N(C)CC. The minimum atomic E-state index is 0.563. The van der Waals surface area contributed by atoms with Gasteiger partial charge in [-0.3, -0.25) is 9.80 Å². The molecule has 0 fully saturated rings. The van der Waals surface area contributed by atoms with Gasteiger partial charge in [0.05, 0.1) is 6.17 Å². The first-order chi connectivity index (χ1) is 6.17. The van der Waals surface area contributed by atoms with Gasteiger partial charge in [0.15, 0.2) is 0 Å². The third-order valence-corrected chi connectivity index (χ3v) is 2.64. The van der Waals surface area contributed by atoms with Gasteiger partial charge in [0.1, 0.15) is 0 Å². The molecule has 0 amide bonds. The zero-order valence-corrected chi connectivity index (χ0v) is 9.58. The molecule has 0 aliphatic rings. The Morgan fingerprint density at radius 2 is 1.62 bits per heavy atom. The van der Waals surface area contributed by atoms with Gasteiger partial charge in [-0.05, 0) is 40.0 Å². The van der Waals surface area contributed by atoms with Crippen LogP contribution in [-0.2, 0) is 0 Å². The molecule has 13 heavy (non-hydrogen) atoms. The smallest absolute Gasteiger partial charge is 0.0620 e. The van der Waals surface area contributed by atoms with Gasteiger partial charge >= 0.3 is 0 Å². The van der Waals surface area contributed by atoms with E-state index in [0.29, 0.717) is 6.17 Å². The molecule has 0 heterocycles. The van der Waals surface area contributed by atoms with Gasteiger partial charge in [0.2, 0.25) is 0 Å². The van der Waals surface area contributed by atoms with Crippen molar-refractivity contribution in [3.8, 4) is 0 Å².